The summed E-state index contributed by atoms with van der Waals surface area (Å²) >= 11 is 1.59. The molecule has 0 aliphatic carbocycles. The minimum absolute atomic E-state index is 0.0458. The first-order valence-corrected chi connectivity index (χ1v) is 10.8. The molecule has 150 valence electrons. The number of piperazine rings is 1. The van der Waals surface area contributed by atoms with E-state index in [2.05, 4.69) is 51.4 Å². The highest BCUT2D eigenvalue weighted by atomic mass is 32.1. The third-order valence-electron chi connectivity index (χ3n) is 5.15. The van der Waals surface area contributed by atoms with Crippen LogP contribution in [0.25, 0.3) is 10.6 Å². The summed E-state index contributed by atoms with van der Waals surface area (Å²) in [7, 11) is 2.18. The van der Waals surface area contributed by atoms with Crippen molar-refractivity contribution in [3.63, 3.8) is 0 Å². The molecule has 1 saturated heterocycles. The summed E-state index contributed by atoms with van der Waals surface area (Å²) in [6, 6.07) is 18.2. The van der Waals surface area contributed by atoms with Crippen LogP contribution < -0.4 is 5.32 Å². The molecule has 0 atom stereocenters. The average molecular weight is 407 g/mol. The fraction of sp³-hybridized carbons (Fsp3) is 0.304. The second kappa shape index (κ2) is 9.31. The van der Waals surface area contributed by atoms with E-state index in [4.69, 9.17) is 0 Å². The van der Waals surface area contributed by atoms with Crippen molar-refractivity contribution in [2.75, 3.05) is 38.5 Å². The molecule has 1 aliphatic heterocycles. The highest BCUT2D eigenvalue weighted by Gasteiger charge is 2.14. The number of benzene rings is 2. The molecule has 0 spiro atoms. The van der Waals surface area contributed by atoms with Crippen molar-refractivity contribution in [1.29, 1.82) is 0 Å². The van der Waals surface area contributed by atoms with Gasteiger partial charge in [-0.1, -0.05) is 42.5 Å². The van der Waals surface area contributed by atoms with Crippen LogP contribution in [0.4, 0.5) is 5.69 Å². The molecule has 1 N–H and O–H groups in total. The van der Waals surface area contributed by atoms with Crippen LogP contribution in [-0.4, -0.2) is 53.9 Å². The summed E-state index contributed by atoms with van der Waals surface area (Å²) in [4.78, 5) is 21.8. The summed E-state index contributed by atoms with van der Waals surface area (Å²) < 4.78 is 0. The van der Waals surface area contributed by atoms with Gasteiger partial charge in [0, 0.05) is 49.4 Å². The summed E-state index contributed by atoms with van der Waals surface area (Å²) in [5.41, 5.74) is 4.05. The summed E-state index contributed by atoms with van der Waals surface area (Å²) in [6.07, 6.45) is 0.285. The van der Waals surface area contributed by atoms with Crippen LogP contribution in [0.2, 0.25) is 0 Å². The Labute approximate surface area is 176 Å². The lowest BCUT2D eigenvalue weighted by atomic mass is 10.1. The molecule has 0 saturated carbocycles. The molecule has 4 rings (SSSR count). The second-order valence-electron chi connectivity index (χ2n) is 7.51. The third-order valence-corrected chi connectivity index (χ3v) is 6.09. The van der Waals surface area contributed by atoms with Gasteiger partial charge in [0.2, 0.25) is 5.91 Å². The Bertz CT molecular complexity index is 931. The lowest BCUT2D eigenvalue weighted by Gasteiger charge is -2.32. The fourth-order valence-electron chi connectivity index (χ4n) is 3.43. The number of para-hydroxylation sites is 1. The minimum Gasteiger partial charge on any atom is -0.326 e. The molecule has 0 unspecified atom stereocenters. The number of hydrogen-bond donors (Lipinski definition) is 1. The number of hydrogen-bond acceptors (Lipinski definition) is 5. The van der Waals surface area contributed by atoms with E-state index >= 15 is 0 Å². The van der Waals surface area contributed by atoms with E-state index in [-0.39, 0.29) is 12.3 Å². The standard InChI is InChI=1S/C23H26N4OS/c1-26-11-13-27(14-12-26)16-18-7-9-19(10-8-18)23-25-21(17-29-23)15-22(28)24-20-5-3-2-4-6-20/h2-10,17H,11-16H2,1H3,(H,24,28). The minimum atomic E-state index is -0.0458. The lowest BCUT2D eigenvalue weighted by Crippen LogP contribution is -2.43. The Morgan fingerprint density at radius 1 is 1.03 bits per heavy atom. The van der Waals surface area contributed by atoms with Gasteiger partial charge in [0.25, 0.3) is 0 Å². The van der Waals surface area contributed by atoms with Gasteiger partial charge in [-0.05, 0) is 24.7 Å². The number of aromatic nitrogens is 1. The Morgan fingerprint density at radius 3 is 2.48 bits per heavy atom. The molecule has 6 heteroatoms. The van der Waals surface area contributed by atoms with E-state index in [1.807, 2.05) is 35.7 Å². The van der Waals surface area contributed by atoms with Gasteiger partial charge in [0.1, 0.15) is 5.01 Å². The van der Waals surface area contributed by atoms with Crippen molar-refractivity contribution in [1.82, 2.24) is 14.8 Å². The molecular weight excluding hydrogens is 380 g/mol. The molecule has 0 radical (unpaired) electrons. The Balaban J connectivity index is 1.33. The van der Waals surface area contributed by atoms with E-state index in [1.165, 1.54) is 5.56 Å². The molecule has 0 bridgehead atoms. The molecular formula is C23H26N4OS. The number of nitrogens with zero attached hydrogens (tertiary/aromatic N) is 3. The van der Waals surface area contributed by atoms with Crippen molar-refractivity contribution in [2.24, 2.45) is 0 Å². The molecule has 1 fully saturated rings. The van der Waals surface area contributed by atoms with Crippen LogP contribution in [-0.2, 0) is 17.8 Å². The van der Waals surface area contributed by atoms with Crippen LogP contribution >= 0.6 is 11.3 Å². The zero-order valence-corrected chi connectivity index (χ0v) is 17.5. The van der Waals surface area contributed by atoms with Crippen molar-refractivity contribution >= 4 is 22.9 Å². The highest BCUT2D eigenvalue weighted by molar-refractivity contribution is 7.13. The molecule has 5 nitrogen and oxygen atoms in total. The van der Waals surface area contributed by atoms with Gasteiger partial charge in [-0.25, -0.2) is 4.98 Å². The Kier molecular flexibility index (Phi) is 6.34. The quantitative estimate of drug-likeness (QED) is 0.678. The predicted octanol–water partition coefficient (Wildman–Crippen LogP) is 3.74. The molecule has 1 aromatic heterocycles. The second-order valence-corrected chi connectivity index (χ2v) is 8.37. The third kappa shape index (κ3) is 5.50. The van der Waals surface area contributed by atoms with Crippen molar-refractivity contribution in [3.8, 4) is 10.6 Å². The SMILES string of the molecule is CN1CCN(Cc2ccc(-c3nc(CC(=O)Nc4ccccc4)cs3)cc2)CC1. The first-order valence-electron chi connectivity index (χ1n) is 9.95. The maximum absolute atomic E-state index is 12.2. The van der Waals surface area contributed by atoms with E-state index < -0.39 is 0 Å². The number of nitrogens with one attached hydrogen (secondary N) is 1. The number of likely N-dealkylation sites (N-methyl/N-ethyl adjacent to an activating group) is 1. The maximum atomic E-state index is 12.2. The molecule has 1 amide bonds. The van der Waals surface area contributed by atoms with Gasteiger partial charge >= 0.3 is 0 Å². The number of carbonyl (C=O) groups excluding carboxylic acids is 1. The first-order chi connectivity index (χ1) is 14.2. The molecule has 1 aliphatic rings. The van der Waals surface area contributed by atoms with Crippen LogP contribution in [0.5, 0.6) is 0 Å². The average Bonchev–Trinajstić information content (AvgIpc) is 3.19. The zero-order chi connectivity index (χ0) is 20.1. The fourth-order valence-corrected chi connectivity index (χ4v) is 4.25. The van der Waals surface area contributed by atoms with E-state index in [0.29, 0.717) is 0 Å². The number of amides is 1. The number of anilines is 1. The normalized spacial score (nSPS) is 15.3. The van der Waals surface area contributed by atoms with Crippen molar-refractivity contribution in [2.45, 2.75) is 13.0 Å². The summed E-state index contributed by atoms with van der Waals surface area (Å²) in [6.45, 7) is 5.52. The monoisotopic (exact) mass is 406 g/mol. The van der Waals surface area contributed by atoms with E-state index in [1.54, 1.807) is 11.3 Å². The number of carbonyl (C=O) groups is 1. The zero-order valence-electron chi connectivity index (χ0n) is 16.7. The molecule has 29 heavy (non-hydrogen) atoms. The Hall–Kier alpha value is -2.54. The van der Waals surface area contributed by atoms with Crippen molar-refractivity contribution < 1.29 is 4.79 Å². The topological polar surface area (TPSA) is 48.5 Å². The van der Waals surface area contributed by atoms with Gasteiger partial charge in [0.15, 0.2) is 0 Å². The maximum Gasteiger partial charge on any atom is 0.230 e. The van der Waals surface area contributed by atoms with Crippen molar-refractivity contribution in [3.05, 3.63) is 71.2 Å². The van der Waals surface area contributed by atoms with E-state index in [0.717, 1.165) is 54.7 Å². The highest BCUT2D eigenvalue weighted by Crippen LogP contribution is 2.25. The van der Waals surface area contributed by atoms with Gasteiger partial charge in [-0.3, -0.25) is 9.69 Å². The van der Waals surface area contributed by atoms with Gasteiger partial charge in [-0.15, -0.1) is 11.3 Å². The van der Waals surface area contributed by atoms with E-state index in [9.17, 15) is 4.79 Å². The van der Waals surface area contributed by atoms with Crippen LogP contribution in [0.3, 0.4) is 0 Å². The molecule has 2 aromatic carbocycles. The molecule has 3 aromatic rings. The van der Waals surface area contributed by atoms with Gasteiger partial charge < -0.3 is 10.2 Å². The molecule has 2 heterocycles. The largest absolute Gasteiger partial charge is 0.326 e. The number of thiazole rings is 1. The van der Waals surface area contributed by atoms with Gasteiger partial charge in [-0.2, -0.15) is 0 Å². The Morgan fingerprint density at radius 2 is 1.76 bits per heavy atom. The first kappa shape index (κ1) is 19.8. The van der Waals surface area contributed by atoms with Crippen LogP contribution in [0.1, 0.15) is 11.3 Å². The predicted molar refractivity (Wildman–Crippen MR) is 119 cm³/mol. The van der Waals surface area contributed by atoms with Crippen LogP contribution in [0.15, 0.2) is 60.0 Å². The summed E-state index contributed by atoms with van der Waals surface area (Å²) in [5.74, 6) is -0.0458. The smallest absolute Gasteiger partial charge is 0.230 e. The summed E-state index contributed by atoms with van der Waals surface area (Å²) in [5, 5.41) is 5.83. The number of rotatable bonds is 6. The van der Waals surface area contributed by atoms with Gasteiger partial charge in [0.05, 0.1) is 12.1 Å². The lowest BCUT2D eigenvalue weighted by molar-refractivity contribution is -0.115. The van der Waals surface area contributed by atoms with Crippen LogP contribution in [0, 0.1) is 0 Å².